The lowest BCUT2D eigenvalue weighted by atomic mass is 10.1. The monoisotopic (exact) mass is 439 g/mol. The number of hydrogen-bond acceptors (Lipinski definition) is 3. The molecule has 1 heterocycles. The van der Waals surface area contributed by atoms with Crippen LogP contribution in [-0.2, 0) is 17.8 Å². The number of halogens is 1. The second-order valence-corrected chi connectivity index (χ2v) is 7.49. The average Bonchev–Trinajstić information content (AvgIpc) is 2.69. The van der Waals surface area contributed by atoms with E-state index >= 15 is 0 Å². The van der Waals surface area contributed by atoms with E-state index in [0.717, 1.165) is 29.3 Å². The number of amides is 1. The molecule has 2 aromatic carbocycles. The van der Waals surface area contributed by atoms with Gasteiger partial charge in [0, 0.05) is 21.8 Å². The summed E-state index contributed by atoms with van der Waals surface area (Å²) in [4.78, 5) is 24.5. The first kappa shape index (κ1) is 20.0. The van der Waals surface area contributed by atoms with Crippen molar-refractivity contribution in [3.05, 3.63) is 81.1 Å². The third-order valence-corrected chi connectivity index (χ3v) is 4.83. The summed E-state index contributed by atoms with van der Waals surface area (Å²) < 4.78 is 2.10. The Bertz CT molecular complexity index is 1010. The zero-order valence-electron chi connectivity index (χ0n) is 15.7. The Morgan fingerprint density at radius 3 is 2.61 bits per heavy atom. The van der Waals surface area contributed by atoms with Gasteiger partial charge in [-0.15, -0.1) is 0 Å². The van der Waals surface area contributed by atoms with E-state index in [2.05, 4.69) is 33.3 Å². The van der Waals surface area contributed by atoms with E-state index in [0.29, 0.717) is 11.4 Å². The summed E-state index contributed by atoms with van der Waals surface area (Å²) in [7, 11) is 0. The van der Waals surface area contributed by atoms with Crippen molar-refractivity contribution in [1.29, 1.82) is 0 Å². The lowest BCUT2D eigenvalue weighted by molar-refractivity contribution is -0.117. The summed E-state index contributed by atoms with van der Waals surface area (Å²) in [5.74, 6) is -0.290. The van der Waals surface area contributed by atoms with Gasteiger partial charge >= 0.3 is 0 Å². The SMILES string of the molecule is CCCCc1ccc(NC(=O)Cn2nc(-c3cccc(Br)c3)ccc2=O)cc1. The highest BCUT2D eigenvalue weighted by atomic mass is 79.9. The van der Waals surface area contributed by atoms with Gasteiger partial charge in [-0.05, 0) is 48.7 Å². The van der Waals surface area contributed by atoms with Crippen molar-refractivity contribution in [3.8, 4) is 11.3 Å². The quantitative estimate of drug-likeness (QED) is 0.582. The molecule has 5 nitrogen and oxygen atoms in total. The van der Waals surface area contributed by atoms with E-state index < -0.39 is 0 Å². The molecule has 3 rings (SSSR count). The summed E-state index contributed by atoms with van der Waals surface area (Å²) in [5.41, 5.74) is 3.14. The molecular weight excluding hydrogens is 418 g/mol. The van der Waals surface area contributed by atoms with Gasteiger partial charge < -0.3 is 5.32 Å². The summed E-state index contributed by atoms with van der Waals surface area (Å²) >= 11 is 3.43. The molecule has 0 saturated heterocycles. The minimum atomic E-state index is -0.316. The molecule has 0 atom stereocenters. The van der Waals surface area contributed by atoms with Crippen molar-refractivity contribution in [2.75, 3.05) is 5.32 Å². The van der Waals surface area contributed by atoms with E-state index in [-0.39, 0.29) is 18.0 Å². The van der Waals surface area contributed by atoms with Crippen molar-refractivity contribution in [1.82, 2.24) is 9.78 Å². The van der Waals surface area contributed by atoms with Gasteiger partial charge in [-0.2, -0.15) is 5.10 Å². The second-order valence-electron chi connectivity index (χ2n) is 6.57. The maximum absolute atomic E-state index is 12.4. The molecule has 0 bridgehead atoms. The molecule has 6 heteroatoms. The van der Waals surface area contributed by atoms with Crippen molar-refractivity contribution in [2.24, 2.45) is 0 Å². The number of carbonyl (C=O) groups excluding carboxylic acids is 1. The zero-order valence-corrected chi connectivity index (χ0v) is 17.3. The highest BCUT2D eigenvalue weighted by Gasteiger charge is 2.09. The van der Waals surface area contributed by atoms with Crippen molar-refractivity contribution in [2.45, 2.75) is 32.7 Å². The fourth-order valence-corrected chi connectivity index (χ4v) is 3.24. The van der Waals surface area contributed by atoms with E-state index in [4.69, 9.17) is 0 Å². The van der Waals surface area contributed by atoms with Gasteiger partial charge in [-0.1, -0.05) is 53.5 Å². The van der Waals surface area contributed by atoms with Crippen LogP contribution in [0, 0.1) is 0 Å². The van der Waals surface area contributed by atoms with Gasteiger partial charge in [0.25, 0.3) is 5.56 Å². The number of aromatic nitrogens is 2. The minimum absolute atomic E-state index is 0.141. The molecule has 0 radical (unpaired) electrons. The van der Waals surface area contributed by atoms with Crippen LogP contribution in [0.15, 0.2) is 69.9 Å². The van der Waals surface area contributed by atoms with Crippen LogP contribution in [0.4, 0.5) is 5.69 Å². The minimum Gasteiger partial charge on any atom is -0.324 e. The van der Waals surface area contributed by atoms with Crippen molar-refractivity contribution < 1.29 is 4.79 Å². The standard InChI is InChI=1S/C22H22BrN3O2/c1-2-3-5-16-8-10-19(11-9-16)24-21(27)15-26-22(28)13-12-20(25-26)17-6-4-7-18(23)14-17/h4,6-14H,2-3,5,15H2,1H3,(H,24,27). The van der Waals surface area contributed by atoms with E-state index in [9.17, 15) is 9.59 Å². The number of nitrogens with zero attached hydrogens (tertiary/aromatic N) is 2. The normalized spacial score (nSPS) is 10.6. The number of carbonyl (C=O) groups is 1. The Kier molecular flexibility index (Phi) is 6.76. The highest BCUT2D eigenvalue weighted by molar-refractivity contribution is 9.10. The van der Waals surface area contributed by atoms with Crippen LogP contribution in [0.25, 0.3) is 11.3 Å². The zero-order chi connectivity index (χ0) is 19.9. The van der Waals surface area contributed by atoms with E-state index in [1.807, 2.05) is 48.5 Å². The van der Waals surface area contributed by atoms with Gasteiger partial charge in [0.1, 0.15) is 6.54 Å². The summed E-state index contributed by atoms with van der Waals surface area (Å²) in [6.07, 6.45) is 3.33. The number of hydrogen-bond donors (Lipinski definition) is 1. The second kappa shape index (κ2) is 9.46. The van der Waals surface area contributed by atoms with Gasteiger partial charge in [0.2, 0.25) is 5.91 Å². The highest BCUT2D eigenvalue weighted by Crippen LogP contribution is 2.20. The predicted octanol–water partition coefficient (Wildman–Crippen LogP) is 4.65. The average molecular weight is 440 g/mol. The molecular formula is C22H22BrN3O2. The number of unbranched alkanes of at least 4 members (excludes halogenated alkanes) is 1. The number of nitrogens with one attached hydrogen (secondary N) is 1. The topological polar surface area (TPSA) is 64.0 Å². The van der Waals surface area contributed by atoms with Crippen LogP contribution >= 0.6 is 15.9 Å². The van der Waals surface area contributed by atoms with E-state index in [1.165, 1.54) is 16.3 Å². The van der Waals surface area contributed by atoms with Gasteiger partial charge in [0.15, 0.2) is 0 Å². The van der Waals surface area contributed by atoms with Crippen molar-refractivity contribution >= 4 is 27.5 Å². The Morgan fingerprint density at radius 2 is 1.89 bits per heavy atom. The van der Waals surface area contributed by atoms with Gasteiger partial charge in [0.05, 0.1) is 5.69 Å². The number of aryl methyl sites for hydroxylation is 1. The molecule has 1 amide bonds. The maximum atomic E-state index is 12.4. The van der Waals surface area contributed by atoms with Crippen LogP contribution in [0.3, 0.4) is 0 Å². The third kappa shape index (κ3) is 5.39. The van der Waals surface area contributed by atoms with Crippen LogP contribution in [0.1, 0.15) is 25.3 Å². The summed E-state index contributed by atoms with van der Waals surface area (Å²) in [6, 6.07) is 18.5. The first-order chi connectivity index (χ1) is 13.5. The Morgan fingerprint density at radius 1 is 1.11 bits per heavy atom. The molecule has 28 heavy (non-hydrogen) atoms. The first-order valence-electron chi connectivity index (χ1n) is 9.28. The van der Waals surface area contributed by atoms with Crippen LogP contribution < -0.4 is 10.9 Å². The van der Waals surface area contributed by atoms with Gasteiger partial charge in [-0.3, -0.25) is 9.59 Å². The van der Waals surface area contributed by atoms with Crippen LogP contribution in [0.2, 0.25) is 0 Å². The smallest absolute Gasteiger partial charge is 0.267 e. The molecule has 0 fully saturated rings. The molecule has 1 N–H and O–H groups in total. The summed E-state index contributed by atoms with van der Waals surface area (Å²) in [6.45, 7) is 2.02. The van der Waals surface area contributed by atoms with Crippen LogP contribution in [0.5, 0.6) is 0 Å². The van der Waals surface area contributed by atoms with Gasteiger partial charge in [-0.25, -0.2) is 4.68 Å². The molecule has 0 saturated carbocycles. The Hall–Kier alpha value is -2.73. The first-order valence-corrected chi connectivity index (χ1v) is 10.1. The number of rotatable bonds is 7. The fraction of sp³-hybridized carbons (Fsp3) is 0.227. The molecule has 0 spiro atoms. The largest absolute Gasteiger partial charge is 0.324 e. The molecule has 0 aliphatic carbocycles. The molecule has 0 aliphatic heterocycles. The Balaban J connectivity index is 1.70. The molecule has 1 aromatic heterocycles. The maximum Gasteiger partial charge on any atom is 0.267 e. The summed E-state index contributed by atoms with van der Waals surface area (Å²) in [5, 5.41) is 7.16. The Labute approximate surface area is 172 Å². The van der Waals surface area contributed by atoms with Crippen molar-refractivity contribution in [3.63, 3.8) is 0 Å². The molecule has 0 unspecified atom stereocenters. The van der Waals surface area contributed by atoms with Crippen LogP contribution in [-0.4, -0.2) is 15.7 Å². The molecule has 144 valence electrons. The number of benzene rings is 2. The molecule has 3 aromatic rings. The molecule has 0 aliphatic rings. The number of anilines is 1. The fourth-order valence-electron chi connectivity index (χ4n) is 2.84. The lowest BCUT2D eigenvalue weighted by Crippen LogP contribution is -2.29. The third-order valence-electron chi connectivity index (χ3n) is 4.34. The lowest BCUT2D eigenvalue weighted by Gasteiger charge is -2.09. The van der Waals surface area contributed by atoms with E-state index in [1.54, 1.807) is 6.07 Å². The predicted molar refractivity (Wildman–Crippen MR) is 115 cm³/mol.